The average Bonchev–Trinajstić information content (AvgIpc) is 3.55. The zero-order valence-electron chi connectivity index (χ0n) is 25.0. The van der Waals surface area contributed by atoms with Crippen molar-refractivity contribution in [1.82, 2.24) is 9.13 Å². The SMILES string of the molecule is CC.CCn1c2ccccc2c2cc3c(cc21)OC1=C(Cl)C2Nc4cc5c6ccccc6n(CC)c5cc4OC2=C(Cl)C1N3. The molecule has 44 heavy (non-hydrogen) atoms. The monoisotopic (exact) mass is 622 g/mol. The van der Waals surface area contributed by atoms with Crippen molar-refractivity contribution in [1.29, 1.82) is 0 Å². The van der Waals surface area contributed by atoms with Gasteiger partial charge in [-0.15, -0.1) is 0 Å². The number of nitrogens with zero attached hydrogens (tertiary/aromatic N) is 2. The first-order chi connectivity index (χ1) is 21.6. The minimum absolute atomic E-state index is 0.455. The highest BCUT2D eigenvalue weighted by molar-refractivity contribution is 6.34. The number of aromatic nitrogens is 2. The van der Waals surface area contributed by atoms with Crippen molar-refractivity contribution in [3.8, 4) is 11.5 Å². The third kappa shape index (κ3) is 3.67. The van der Waals surface area contributed by atoms with Gasteiger partial charge in [0.1, 0.15) is 23.6 Å². The van der Waals surface area contributed by atoms with Crippen LogP contribution in [0.5, 0.6) is 11.5 Å². The van der Waals surface area contributed by atoms with Crippen molar-refractivity contribution < 1.29 is 9.47 Å². The number of halogens is 2. The van der Waals surface area contributed by atoms with Gasteiger partial charge in [0.15, 0.2) is 11.5 Å². The van der Waals surface area contributed by atoms with E-state index in [-0.39, 0.29) is 0 Å². The van der Waals surface area contributed by atoms with E-state index in [0.29, 0.717) is 21.6 Å². The zero-order chi connectivity index (χ0) is 30.3. The molecule has 0 fully saturated rings. The lowest BCUT2D eigenvalue weighted by molar-refractivity contribution is 0.345. The Kier molecular flexibility index (Phi) is 6.30. The zero-order valence-corrected chi connectivity index (χ0v) is 26.5. The van der Waals surface area contributed by atoms with Gasteiger partial charge in [-0.3, -0.25) is 0 Å². The van der Waals surface area contributed by atoms with Gasteiger partial charge in [-0.25, -0.2) is 0 Å². The second kappa shape index (κ2) is 10.1. The number of hydrogen-bond acceptors (Lipinski definition) is 4. The molecule has 4 aromatic carbocycles. The number of rotatable bonds is 2. The van der Waals surface area contributed by atoms with E-state index in [1.165, 1.54) is 21.8 Å². The summed E-state index contributed by atoms with van der Waals surface area (Å²) in [5, 5.41) is 13.0. The summed E-state index contributed by atoms with van der Waals surface area (Å²) in [7, 11) is 0. The Balaban J connectivity index is 0.00000142. The Labute approximate surface area is 265 Å². The first kappa shape index (κ1) is 27.3. The van der Waals surface area contributed by atoms with Crippen LogP contribution in [0.25, 0.3) is 43.6 Å². The van der Waals surface area contributed by atoms with Gasteiger partial charge in [-0.2, -0.15) is 0 Å². The fraction of sp³-hybridized carbons (Fsp3) is 0.222. The van der Waals surface area contributed by atoms with Crippen LogP contribution in [0.1, 0.15) is 27.7 Å². The van der Waals surface area contributed by atoms with E-state index in [4.69, 9.17) is 32.7 Å². The summed E-state index contributed by atoms with van der Waals surface area (Å²) in [4.78, 5) is 0. The lowest BCUT2D eigenvalue weighted by Gasteiger charge is -2.39. The molecule has 0 amide bonds. The molecule has 222 valence electrons. The summed E-state index contributed by atoms with van der Waals surface area (Å²) >= 11 is 14.2. The third-order valence-corrected chi connectivity index (χ3v) is 9.73. The van der Waals surface area contributed by atoms with Gasteiger partial charge in [-0.05, 0) is 38.1 Å². The van der Waals surface area contributed by atoms with Gasteiger partial charge in [0.25, 0.3) is 0 Å². The van der Waals surface area contributed by atoms with Crippen LogP contribution in [0.4, 0.5) is 11.4 Å². The van der Waals surface area contributed by atoms with Gasteiger partial charge < -0.3 is 29.2 Å². The summed E-state index contributed by atoms with van der Waals surface area (Å²) in [5.74, 6) is 2.63. The maximum atomic E-state index is 7.11. The molecule has 0 spiro atoms. The van der Waals surface area contributed by atoms with Gasteiger partial charge in [0.2, 0.25) is 0 Å². The molecule has 2 aromatic heterocycles. The summed E-state index contributed by atoms with van der Waals surface area (Å²) in [6.45, 7) is 10.0. The van der Waals surface area contributed by atoms with Crippen LogP contribution in [0, 0.1) is 0 Å². The van der Waals surface area contributed by atoms with E-state index in [1.54, 1.807) is 0 Å². The van der Waals surface area contributed by atoms with Crippen molar-refractivity contribution in [2.75, 3.05) is 10.6 Å². The molecule has 8 heteroatoms. The topological polar surface area (TPSA) is 52.4 Å². The molecule has 2 aliphatic heterocycles. The van der Waals surface area contributed by atoms with E-state index in [1.807, 2.05) is 13.8 Å². The molecule has 0 radical (unpaired) electrons. The Morgan fingerprint density at radius 3 is 1.41 bits per heavy atom. The van der Waals surface area contributed by atoms with Gasteiger partial charge >= 0.3 is 0 Å². The van der Waals surface area contributed by atoms with Crippen LogP contribution in [0.15, 0.2) is 94.4 Å². The highest BCUT2D eigenvalue weighted by Gasteiger charge is 2.43. The van der Waals surface area contributed by atoms with Gasteiger partial charge in [-0.1, -0.05) is 73.4 Å². The number of benzene rings is 4. The second-order valence-electron chi connectivity index (χ2n) is 11.0. The van der Waals surface area contributed by atoms with Crippen molar-refractivity contribution >= 4 is 78.2 Å². The smallest absolute Gasteiger partial charge is 0.152 e. The van der Waals surface area contributed by atoms with Crippen molar-refractivity contribution in [3.63, 3.8) is 0 Å². The number of para-hydroxylation sites is 2. The minimum atomic E-state index is -0.455. The molecule has 6 nitrogen and oxygen atoms in total. The predicted octanol–water partition coefficient (Wildman–Crippen LogP) is 9.93. The Morgan fingerprint density at radius 1 is 0.591 bits per heavy atom. The lowest BCUT2D eigenvalue weighted by atomic mass is 9.97. The molecular formula is C36H32Cl2N4O2. The van der Waals surface area contributed by atoms with Crippen LogP contribution in [-0.2, 0) is 13.1 Å². The highest BCUT2D eigenvalue weighted by Crippen LogP contribution is 2.49. The van der Waals surface area contributed by atoms with E-state index in [9.17, 15) is 0 Å². The molecule has 0 bridgehead atoms. The number of hydrogen-bond donors (Lipinski definition) is 2. The summed E-state index contributed by atoms with van der Waals surface area (Å²) in [6.07, 6.45) is 0. The molecule has 3 aliphatic rings. The number of nitrogens with one attached hydrogen (secondary N) is 2. The minimum Gasteiger partial charge on any atom is -0.456 e. The summed E-state index contributed by atoms with van der Waals surface area (Å²) < 4.78 is 17.7. The summed E-state index contributed by atoms with van der Waals surface area (Å²) in [5.41, 5.74) is 6.38. The standard InChI is InChI=1S/C34H26Cl2N4O2.C2H6/c1-3-39-23-11-7-5-9-17(23)19-13-21-27(15-25(19)39)41-33-29(35)32-34(30(36)31(33)37-21)42-28-16-26-20(14-22(28)38-32)18-10-6-8-12-24(18)40(26)4-2;1-2/h5-16,31-32,37-38H,3-4H2,1-2H3;1-2H3. The van der Waals surface area contributed by atoms with Gasteiger partial charge in [0, 0.05) is 57.8 Å². The first-order valence-corrected chi connectivity index (χ1v) is 16.1. The Hall–Kier alpha value is -4.26. The largest absolute Gasteiger partial charge is 0.456 e. The quantitative estimate of drug-likeness (QED) is 0.202. The number of ether oxygens (including phenoxy) is 2. The molecular weight excluding hydrogens is 591 g/mol. The van der Waals surface area contributed by atoms with Crippen molar-refractivity contribution in [2.45, 2.75) is 52.9 Å². The van der Waals surface area contributed by atoms with Crippen molar-refractivity contribution in [2.24, 2.45) is 0 Å². The molecule has 9 rings (SSSR count). The highest BCUT2D eigenvalue weighted by atomic mass is 35.5. The van der Waals surface area contributed by atoms with E-state index < -0.39 is 12.1 Å². The number of aryl methyl sites for hydroxylation is 2. The Bertz CT molecular complexity index is 2070. The van der Waals surface area contributed by atoms with Crippen LogP contribution in [-0.4, -0.2) is 21.2 Å². The van der Waals surface area contributed by atoms with E-state index >= 15 is 0 Å². The third-order valence-electron chi connectivity index (χ3n) is 8.92. The van der Waals surface area contributed by atoms with Crippen LogP contribution in [0.3, 0.4) is 0 Å². The summed E-state index contributed by atoms with van der Waals surface area (Å²) in [6, 6.07) is 24.5. The lowest BCUT2D eigenvalue weighted by Crippen LogP contribution is -2.42. The molecule has 0 saturated carbocycles. The van der Waals surface area contributed by atoms with Gasteiger partial charge in [0.05, 0.1) is 32.5 Å². The predicted molar refractivity (Wildman–Crippen MR) is 183 cm³/mol. The fourth-order valence-corrected chi connectivity index (χ4v) is 7.64. The molecule has 6 aromatic rings. The number of anilines is 2. The van der Waals surface area contributed by atoms with Crippen LogP contribution < -0.4 is 20.1 Å². The van der Waals surface area contributed by atoms with Crippen LogP contribution >= 0.6 is 23.2 Å². The number of fused-ring (bicyclic) bond motifs is 10. The fourth-order valence-electron chi connectivity index (χ4n) is 7.04. The second-order valence-corrected chi connectivity index (χ2v) is 11.9. The molecule has 2 N–H and O–H groups in total. The van der Waals surface area contributed by atoms with Crippen LogP contribution in [0.2, 0.25) is 0 Å². The molecule has 2 atom stereocenters. The molecule has 1 aliphatic carbocycles. The first-order valence-electron chi connectivity index (χ1n) is 15.3. The maximum Gasteiger partial charge on any atom is 0.152 e. The molecule has 4 heterocycles. The molecule has 2 unspecified atom stereocenters. The Morgan fingerprint density at radius 2 is 1.00 bits per heavy atom. The normalized spacial score (nSPS) is 18.5. The molecule has 0 saturated heterocycles. The van der Waals surface area contributed by atoms with Crippen molar-refractivity contribution in [3.05, 3.63) is 94.4 Å². The average molecular weight is 624 g/mol. The van der Waals surface area contributed by atoms with E-state index in [0.717, 1.165) is 57.8 Å². The maximum absolute atomic E-state index is 7.11. The van der Waals surface area contributed by atoms with E-state index in [2.05, 4.69) is 106 Å².